The fourth-order valence-electron chi connectivity index (χ4n) is 2.81. The summed E-state index contributed by atoms with van der Waals surface area (Å²) in [6.07, 6.45) is 7.75. The SMILES string of the molecule is CCCC/C(=C\[Si](C)(C)C)C1=C(C(=O)OC)CCCC1. The summed E-state index contributed by atoms with van der Waals surface area (Å²) < 4.78 is 4.99. The van der Waals surface area contributed by atoms with Crippen LogP contribution in [0.5, 0.6) is 0 Å². The highest BCUT2D eigenvalue weighted by Gasteiger charge is 2.23. The number of hydrogen-bond acceptors (Lipinski definition) is 2. The van der Waals surface area contributed by atoms with E-state index in [1.54, 1.807) is 0 Å². The minimum Gasteiger partial charge on any atom is -0.466 e. The lowest BCUT2D eigenvalue weighted by Crippen LogP contribution is -2.19. The zero-order chi connectivity index (χ0) is 15.2. The van der Waals surface area contributed by atoms with E-state index in [9.17, 15) is 4.79 Å². The lowest BCUT2D eigenvalue weighted by Gasteiger charge is -2.23. The smallest absolute Gasteiger partial charge is 0.334 e. The molecule has 0 aliphatic heterocycles. The van der Waals surface area contributed by atoms with Gasteiger partial charge in [-0.2, -0.15) is 0 Å². The van der Waals surface area contributed by atoms with Crippen molar-refractivity contribution in [2.75, 3.05) is 7.11 Å². The molecule has 0 radical (unpaired) electrons. The van der Waals surface area contributed by atoms with E-state index in [4.69, 9.17) is 4.74 Å². The fourth-order valence-corrected chi connectivity index (χ4v) is 4.17. The fraction of sp³-hybridized carbons (Fsp3) is 0.706. The minimum atomic E-state index is -1.28. The van der Waals surface area contributed by atoms with Gasteiger partial charge in [0.05, 0.1) is 15.2 Å². The van der Waals surface area contributed by atoms with Crippen molar-refractivity contribution in [2.45, 2.75) is 71.5 Å². The molecule has 0 spiro atoms. The summed E-state index contributed by atoms with van der Waals surface area (Å²) in [5.74, 6) is -0.113. The molecule has 0 atom stereocenters. The Bertz CT molecular complexity index is 400. The van der Waals surface area contributed by atoms with Crippen molar-refractivity contribution in [3.8, 4) is 0 Å². The van der Waals surface area contributed by atoms with Crippen LogP contribution in [0.15, 0.2) is 22.4 Å². The molecule has 0 bridgehead atoms. The van der Waals surface area contributed by atoms with Crippen molar-refractivity contribution >= 4 is 14.0 Å². The largest absolute Gasteiger partial charge is 0.466 e. The first kappa shape index (κ1) is 17.2. The molecule has 0 aromatic carbocycles. The summed E-state index contributed by atoms with van der Waals surface area (Å²) in [6, 6.07) is 0. The Morgan fingerprint density at radius 2 is 1.80 bits per heavy atom. The third-order valence-electron chi connectivity index (χ3n) is 3.69. The number of unbranched alkanes of at least 4 members (excludes halogenated alkanes) is 1. The Kier molecular flexibility index (Phi) is 6.73. The first-order chi connectivity index (χ1) is 9.39. The van der Waals surface area contributed by atoms with Gasteiger partial charge >= 0.3 is 5.97 Å². The maximum absolute atomic E-state index is 12.0. The Morgan fingerprint density at radius 1 is 1.20 bits per heavy atom. The number of methoxy groups -OCH3 is 1. The van der Waals surface area contributed by atoms with Gasteiger partial charge in [-0.3, -0.25) is 0 Å². The molecule has 0 aromatic rings. The van der Waals surface area contributed by atoms with Gasteiger partial charge < -0.3 is 4.74 Å². The second-order valence-electron chi connectivity index (χ2n) is 6.79. The van der Waals surface area contributed by atoms with E-state index in [1.807, 2.05) is 0 Å². The molecule has 0 aromatic heterocycles. The zero-order valence-corrected chi connectivity index (χ0v) is 14.8. The van der Waals surface area contributed by atoms with Crippen LogP contribution in [-0.4, -0.2) is 21.2 Å². The second kappa shape index (κ2) is 7.82. The highest BCUT2D eigenvalue weighted by Crippen LogP contribution is 2.33. The third kappa shape index (κ3) is 5.27. The van der Waals surface area contributed by atoms with Gasteiger partial charge in [-0.25, -0.2) is 4.79 Å². The molecule has 0 unspecified atom stereocenters. The summed E-state index contributed by atoms with van der Waals surface area (Å²) in [6.45, 7) is 9.31. The van der Waals surface area contributed by atoms with Gasteiger partial charge in [-0.05, 0) is 44.1 Å². The number of rotatable bonds is 6. The maximum atomic E-state index is 12.0. The number of esters is 1. The van der Waals surface area contributed by atoms with Crippen molar-refractivity contribution < 1.29 is 9.53 Å². The van der Waals surface area contributed by atoms with Crippen molar-refractivity contribution in [1.82, 2.24) is 0 Å². The first-order valence-corrected chi connectivity index (χ1v) is 11.5. The highest BCUT2D eigenvalue weighted by molar-refractivity contribution is 6.81. The van der Waals surface area contributed by atoms with Crippen molar-refractivity contribution in [3.05, 3.63) is 22.4 Å². The summed E-state index contributed by atoms with van der Waals surface area (Å²) >= 11 is 0. The number of carbonyl (C=O) groups excluding carboxylic acids is 1. The molecule has 3 heteroatoms. The molecule has 0 saturated heterocycles. The molecule has 0 heterocycles. The molecule has 1 aliphatic carbocycles. The lowest BCUT2D eigenvalue weighted by molar-refractivity contribution is -0.136. The van der Waals surface area contributed by atoms with Crippen molar-refractivity contribution in [3.63, 3.8) is 0 Å². The summed E-state index contributed by atoms with van der Waals surface area (Å²) in [5, 5.41) is 0. The van der Waals surface area contributed by atoms with Gasteiger partial charge in [0, 0.05) is 5.57 Å². The van der Waals surface area contributed by atoms with Crippen LogP contribution in [0, 0.1) is 0 Å². The molecule has 0 fully saturated rings. The normalized spacial score (nSPS) is 17.4. The van der Waals surface area contributed by atoms with Crippen molar-refractivity contribution in [2.24, 2.45) is 0 Å². The van der Waals surface area contributed by atoms with Crippen LogP contribution < -0.4 is 0 Å². The van der Waals surface area contributed by atoms with E-state index in [-0.39, 0.29) is 5.97 Å². The summed E-state index contributed by atoms with van der Waals surface area (Å²) in [7, 11) is 0.218. The quantitative estimate of drug-likeness (QED) is 0.507. The van der Waals surface area contributed by atoms with Crippen LogP contribution in [0.4, 0.5) is 0 Å². The maximum Gasteiger partial charge on any atom is 0.334 e. The molecule has 114 valence electrons. The van der Waals surface area contributed by atoms with Gasteiger partial charge in [0.1, 0.15) is 0 Å². The van der Waals surface area contributed by atoms with E-state index >= 15 is 0 Å². The number of hydrogen-bond donors (Lipinski definition) is 0. The van der Waals surface area contributed by atoms with Gasteiger partial charge in [0.2, 0.25) is 0 Å². The molecule has 0 N–H and O–H groups in total. The zero-order valence-electron chi connectivity index (χ0n) is 13.8. The molecule has 1 aliphatic rings. The summed E-state index contributed by atoms with van der Waals surface area (Å²) in [4.78, 5) is 12.0. The van der Waals surface area contributed by atoms with E-state index < -0.39 is 8.07 Å². The second-order valence-corrected chi connectivity index (χ2v) is 11.8. The monoisotopic (exact) mass is 294 g/mol. The molecular weight excluding hydrogens is 264 g/mol. The van der Waals surface area contributed by atoms with E-state index in [1.165, 1.54) is 37.5 Å². The Morgan fingerprint density at radius 3 is 2.30 bits per heavy atom. The molecule has 2 nitrogen and oxygen atoms in total. The Balaban J connectivity index is 3.17. The van der Waals surface area contributed by atoms with Gasteiger partial charge in [0.15, 0.2) is 0 Å². The van der Waals surface area contributed by atoms with Gasteiger partial charge in [-0.1, -0.05) is 44.3 Å². The average Bonchev–Trinajstić information content (AvgIpc) is 2.41. The minimum absolute atomic E-state index is 0.113. The lowest BCUT2D eigenvalue weighted by atomic mass is 9.86. The topological polar surface area (TPSA) is 26.3 Å². The molecule has 0 amide bonds. The van der Waals surface area contributed by atoms with E-state index in [0.717, 1.165) is 31.3 Å². The van der Waals surface area contributed by atoms with E-state index in [0.29, 0.717) is 0 Å². The Hall–Kier alpha value is -0.833. The molecular formula is C17H30O2Si. The van der Waals surface area contributed by atoms with Crippen LogP contribution >= 0.6 is 0 Å². The van der Waals surface area contributed by atoms with Crippen LogP contribution in [0.25, 0.3) is 0 Å². The van der Waals surface area contributed by atoms with Crippen LogP contribution in [0.1, 0.15) is 51.9 Å². The third-order valence-corrected chi connectivity index (χ3v) is 4.91. The van der Waals surface area contributed by atoms with Crippen LogP contribution in [0.2, 0.25) is 19.6 Å². The van der Waals surface area contributed by atoms with E-state index in [2.05, 4.69) is 32.3 Å². The number of ether oxygens (including phenoxy) is 1. The summed E-state index contributed by atoms with van der Waals surface area (Å²) in [5.41, 5.74) is 6.18. The van der Waals surface area contributed by atoms with Crippen LogP contribution in [0.3, 0.4) is 0 Å². The Labute approximate surface area is 125 Å². The number of allylic oxidation sites excluding steroid dienone is 2. The highest BCUT2D eigenvalue weighted by atomic mass is 28.3. The molecule has 1 rings (SSSR count). The van der Waals surface area contributed by atoms with Gasteiger partial charge in [-0.15, -0.1) is 0 Å². The van der Waals surface area contributed by atoms with Crippen molar-refractivity contribution in [1.29, 1.82) is 0 Å². The molecule has 20 heavy (non-hydrogen) atoms. The number of carbonyl (C=O) groups is 1. The predicted octanol–water partition coefficient (Wildman–Crippen LogP) is 5.02. The predicted molar refractivity (Wildman–Crippen MR) is 88.5 cm³/mol. The average molecular weight is 295 g/mol. The standard InChI is InChI=1S/C17H30O2Si/c1-6-7-10-14(13-20(3,4)5)15-11-8-9-12-16(15)17(18)19-2/h13H,6-12H2,1-5H3/b14-13+. The van der Waals surface area contributed by atoms with Gasteiger partial charge in [0.25, 0.3) is 0 Å². The van der Waals surface area contributed by atoms with Crippen LogP contribution in [-0.2, 0) is 9.53 Å². The molecule has 0 saturated carbocycles. The first-order valence-electron chi connectivity index (χ1n) is 7.91.